The van der Waals surface area contributed by atoms with Crippen LogP contribution in [-0.2, 0) is 29.0 Å². The molecule has 40 heavy (non-hydrogen) atoms. The molecule has 0 aliphatic rings. The van der Waals surface area contributed by atoms with Gasteiger partial charge in [-0.1, -0.05) is 31.2 Å². The summed E-state index contributed by atoms with van der Waals surface area (Å²) in [5.74, 6) is 1.43. The first kappa shape index (κ1) is 28.8. The minimum Gasteiger partial charge on any atom is -0.493 e. The smallest absolute Gasteiger partial charge is 0.327 e. The number of pyridine rings is 1. The molecule has 0 saturated heterocycles. The van der Waals surface area contributed by atoms with Crippen molar-refractivity contribution in [3.63, 3.8) is 0 Å². The fourth-order valence-electron chi connectivity index (χ4n) is 4.91. The third kappa shape index (κ3) is 6.48. The molecule has 1 atom stereocenters. The van der Waals surface area contributed by atoms with Gasteiger partial charge >= 0.3 is 5.97 Å². The molecular weight excluding hydrogens is 512 g/mol. The number of carbonyl (C=O) groups is 1. The van der Waals surface area contributed by atoms with Crippen LogP contribution in [0, 0.1) is 6.92 Å². The minimum absolute atomic E-state index is 0.0912. The van der Waals surface area contributed by atoms with Crippen molar-refractivity contribution >= 4 is 16.9 Å². The number of nitrogens with zero attached hydrogens (tertiary/aromatic N) is 5. The normalized spacial score (nSPS) is 12.1. The number of esters is 1. The molecule has 0 unspecified atom stereocenters. The number of tetrazole rings is 1. The van der Waals surface area contributed by atoms with E-state index in [4.69, 9.17) is 14.2 Å². The number of aryl methyl sites for hydroxylation is 1. The van der Waals surface area contributed by atoms with Gasteiger partial charge in [0.05, 0.1) is 32.4 Å². The van der Waals surface area contributed by atoms with Crippen molar-refractivity contribution in [2.75, 3.05) is 27.4 Å². The van der Waals surface area contributed by atoms with E-state index in [1.165, 1.54) is 4.68 Å². The van der Waals surface area contributed by atoms with E-state index < -0.39 is 5.97 Å². The van der Waals surface area contributed by atoms with Crippen molar-refractivity contribution in [2.24, 2.45) is 0 Å². The number of aromatic amines is 1. The zero-order chi connectivity index (χ0) is 28.6. The lowest BCUT2D eigenvalue weighted by molar-refractivity contribution is -0.144. The number of methoxy groups -OCH3 is 2. The average molecular weight is 549 g/mol. The van der Waals surface area contributed by atoms with Gasteiger partial charge in [0.2, 0.25) is 0 Å². The van der Waals surface area contributed by atoms with Crippen LogP contribution in [0.5, 0.6) is 11.5 Å². The highest BCUT2D eigenvalue weighted by Crippen LogP contribution is 2.29. The molecule has 1 N–H and O–H groups in total. The van der Waals surface area contributed by atoms with Crippen molar-refractivity contribution < 1.29 is 19.0 Å². The molecular formula is C29H36N6O5. The first-order chi connectivity index (χ1) is 19.4. The second-order valence-electron chi connectivity index (χ2n) is 9.50. The molecule has 0 bridgehead atoms. The van der Waals surface area contributed by atoms with Crippen LogP contribution < -0.4 is 15.0 Å². The Morgan fingerprint density at radius 3 is 2.62 bits per heavy atom. The molecule has 0 radical (unpaired) electrons. The maximum absolute atomic E-state index is 13.2. The lowest BCUT2D eigenvalue weighted by Gasteiger charge is -2.30. The Morgan fingerprint density at radius 2 is 1.90 bits per heavy atom. The predicted octanol–water partition coefficient (Wildman–Crippen LogP) is 3.60. The van der Waals surface area contributed by atoms with Gasteiger partial charge in [0.15, 0.2) is 17.3 Å². The summed E-state index contributed by atoms with van der Waals surface area (Å²) in [6.07, 6.45) is 1.32. The zero-order valence-corrected chi connectivity index (χ0v) is 23.6. The Kier molecular flexibility index (Phi) is 9.49. The number of carbonyl (C=O) groups excluding carboxylic acids is 1. The van der Waals surface area contributed by atoms with Gasteiger partial charge in [-0.05, 0) is 71.8 Å². The molecule has 0 aliphatic carbocycles. The van der Waals surface area contributed by atoms with Gasteiger partial charge in [0.1, 0.15) is 6.54 Å². The van der Waals surface area contributed by atoms with Crippen LogP contribution in [-0.4, -0.2) is 63.4 Å². The van der Waals surface area contributed by atoms with Gasteiger partial charge in [-0.15, -0.1) is 5.10 Å². The molecule has 2 aromatic heterocycles. The Hall–Kier alpha value is -4.25. The molecule has 4 aromatic rings. The number of aromatic nitrogens is 5. The van der Waals surface area contributed by atoms with Crippen LogP contribution in [0.15, 0.2) is 47.3 Å². The van der Waals surface area contributed by atoms with Crippen LogP contribution in [0.3, 0.4) is 0 Å². The maximum Gasteiger partial charge on any atom is 0.327 e. The van der Waals surface area contributed by atoms with E-state index in [1.807, 2.05) is 56.3 Å². The van der Waals surface area contributed by atoms with Gasteiger partial charge in [-0.2, -0.15) is 0 Å². The predicted molar refractivity (Wildman–Crippen MR) is 150 cm³/mol. The summed E-state index contributed by atoms with van der Waals surface area (Å²) in [4.78, 5) is 30.7. The lowest BCUT2D eigenvalue weighted by Crippen LogP contribution is -2.34. The molecule has 0 spiro atoms. The third-order valence-corrected chi connectivity index (χ3v) is 6.94. The summed E-state index contributed by atoms with van der Waals surface area (Å²) < 4.78 is 17.5. The molecule has 0 fully saturated rings. The van der Waals surface area contributed by atoms with Crippen LogP contribution in [0.2, 0.25) is 0 Å². The van der Waals surface area contributed by atoms with Crippen molar-refractivity contribution in [2.45, 2.75) is 52.7 Å². The molecule has 212 valence electrons. The standard InChI is InChI=1S/C29H36N6O5/c1-6-23(28-31-32-33-35(28)18-26(36)40-7-2)34(14-13-20-11-12-24(38-4)25(15-20)39-5)17-22-16-21-10-8-9-19(3)27(21)30-29(22)37/h8-12,15-16,23H,6-7,13-14,17-18H2,1-5H3,(H,30,37)/t23-/m0/s1. The lowest BCUT2D eigenvalue weighted by atomic mass is 10.1. The molecule has 0 saturated carbocycles. The van der Waals surface area contributed by atoms with Gasteiger partial charge in [0.25, 0.3) is 5.56 Å². The number of benzene rings is 2. The highest BCUT2D eigenvalue weighted by molar-refractivity contribution is 5.81. The largest absolute Gasteiger partial charge is 0.493 e. The Balaban J connectivity index is 1.69. The second-order valence-corrected chi connectivity index (χ2v) is 9.50. The quantitative estimate of drug-likeness (QED) is 0.250. The van der Waals surface area contributed by atoms with E-state index in [1.54, 1.807) is 21.1 Å². The van der Waals surface area contributed by atoms with Crippen LogP contribution >= 0.6 is 0 Å². The summed E-state index contributed by atoms with van der Waals surface area (Å²) in [5.41, 5.74) is 3.38. The van der Waals surface area contributed by atoms with Crippen LogP contribution in [0.4, 0.5) is 0 Å². The number of ether oxygens (including phenoxy) is 3. The van der Waals surface area contributed by atoms with E-state index in [9.17, 15) is 9.59 Å². The topological polar surface area (TPSA) is 124 Å². The number of H-pyrrole nitrogens is 1. The Morgan fingerprint density at radius 1 is 1.10 bits per heavy atom. The number of para-hydroxylation sites is 1. The summed E-state index contributed by atoms with van der Waals surface area (Å²) in [6.45, 7) is 6.89. The minimum atomic E-state index is -0.413. The van der Waals surface area contributed by atoms with Gasteiger partial charge in [-0.25, -0.2) is 4.68 Å². The highest BCUT2D eigenvalue weighted by Gasteiger charge is 2.27. The molecule has 2 aromatic carbocycles. The molecule has 0 amide bonds. The average Bonchev–Trinajstić information content (AvgIpc) is 3.40. The van der Waals surface area contributed by atoms with Crippen molar-refractivity contribution in [3.8, 4) is 11.5 Å². The van der Waals surface area contributed by atoms with Crippen molar-refractivity contribution in [1.29, 1.82) is 0 Å². The highest BCUT2D eigenvalue weighted by atomic mass is 16.5. The fourth-order valence-corrected chi connectivity index (χ4v) is 4.91. The maximum atomic E-state index is 13.2. The molecule has 4 rings (SSSR count). The fraction of sp³-hybridized carbons (Fsp3) is 0.414. The summed E-state index contributed by atoms with van der Waals surface area (Å²) >= 11 is 0. The van der Waals surface area contributed by atoms with Crippen molar-refractivity contribution in [1.82, 2.24) is 30.1 Å². The zero-order valence-electron chi connectivity index (χ0n) is 23.6. The Labute approximate surface area is 233 Å². The number of rotatable bonds is 13. The number of hydrogen-bond donors (Lipinski definition) is 1. The first-order valence-electron chi connectivity index (χ1n) is 13.4. The molecule has 0 aliphatic heterocycles. The molecule has 11 nitrogen and oxygen atoms in total. The van der Waals surface area contributed by atoms with Crippen molar-refractivity contribution in [3.05, 3.63) is 75.3 Å². The summed E-state index contributed by atoms with van der Waals surface area (Å²) in [5, 5.41) is 13.2. The third-order valence-electron chi connectivity index (χ3n) is 6.94. The number of fused-ring (bicyclic) bond motifs is 1. The first-order valence-corrected chi connectivity index (χ1v) is 13.4. The van der Waals surface area contributed by atoms with E-state index in [-0.39, 0.29) is 24.8 Å². The van der Waals surface area contributed by atoms with E-state index in [0.29, 0.717) is 48.8 Å². The molecule has 2 heterocycles. The monoisotopic (exact) mass is 548 g/mol. The Bertz CT molecular complexity index is 1510. The molecule has 11 heteroatoms. The van der Waals surface area contributed by atoms with Crippen LogP contribution in [0.1, 0.15) is 48.8 Å². The van der Waals surface area contributed by atoms with E-state index in [2.05, 4.69) is 25.4 Å². The summed E-state index contributed by atoms with van der Waals surface area (Å²) in [6, 6.07) is 13.5. The van der Waals surface area contributed by atoms with Gasteiger partial charge < -0.3 is 19.2 Å². The van der Waals surface area contributed by atoms with E-state index in [0.717, 1.165) is 22.0 Å². The van der Waals surface area contributed by atoms with Gasteiger partial charge in [0, 0.05) is 18.7 Å². The second kappa shape index (κ2) is 13.2. The number of nitrogens with one attached hydrogen (secondary N) is 1. The van der Waals surface area contributed by atoms with E-state index >= 15 is 0 Å². The van der Waals surface area contributed by atoms with Crippen LogP contribution in [0.25, 0.3) is 10.9 Å². The number of hydrogen-bond acceptors (Lipinski definition) is 9. The SMILES string of the molecule is CCOC(=O)Cn1nnnc1[C@H](CC)N(CCc1ccc(OC)c(OC)c1)Cc1cc2cccc(C)c2[nH]c1=O. The van der Waals surface area contributed by atoms with Gasteiger partial charge in [-0.3, -0.25) is 14.5 Å². The summed E-state index contributed by atoms with van der Waals surface area (Å²) in [7, 11) is 3.21.